The van der Waals surface area contributed by atoms with E-state index in [1.54, 1.807) is 13.0 Å². The number of rotatable bonds is 3. The topological polar surface area (TPSA) is 66.6 Å². The van der Waals surface area contributed by atoms with E-state index >= 15 is 0 Å². The minimum atomic E-state index is -0.816. The number of nitro groups is 1. The average Bonchev–Trinajstić information content (AvgIpc) is 2.57. The van der Waals surface area contributed by atoms with Gasteiger partial charge in [-0.05, 0) is 25.0 Å². The van der Waals surface area contributed by atoms with Gasteiger partial charge in [-0.1, -0.05) is 6.07 Å². The Bertz CT molecular complexity index is 476. The smallest absolute Gasteiger partial charge is 0.304 e. The summed E-state index contributed by atoms with van der Waals surface area (Å²) in [7, 11) is 0. The molecule has 0 spiro atoms. The van der Waals surface area contributed by atoms with Gasteiger partial charge in [-0.15, -0.1) is 0 Å². The minimum Gasteiger partial charge on any atom is -0.389 e. The Morgan fingerprint density at radius 1 is 1.61 bits per heavy atom. The highest BCUT2D eigenvalue weighted by atomic mass is 19.1. The van der Waals surface area contributed by atoms with E-state index in [1.165, 1.54) is 12.1 Å². The number of aliphatic hydroxyl groups is 1. The molecule has 2 rings (SSSR count). The van der Waals surface area contributed by atoms with E-state index in [0.717, 1.165) is 6.54 Å². The summed E-state index contributed by atoms with van der Waals surface area (Å²) in [6.45, 7) is 3.53. The van der Waals surface area contributed by atoms with Gasteiger partial charge >= 0.3 is 5.69 Å². The third kappa shape index (κ3) is 2.83. The maximum absolute atomic E-state index is 13.4. The number of benzene rings is 1. The highest BCUT2D eigenvalue weighted by Crippen LogP contribution is 2.24. The second-order valence-corrected chi connectivity index (χ2v) is 5.00. The molecule has 1 unspecified atom stereocenters. The molecule has 98 valence electrons. The van der Waals surface area contributed by atoms with Crippen molar-refractivity contribution in [3.05, 3.63) is 39.7 Å². The summed E-state index contributed by atoms with van der Waals surface area (Å²) < 4.78 is 13.4. The number of hydrogen-bond acceptors (Lipinski definition) is 4. The van der Waals surface area contributed by atoms with Gasteiger partial charge in [0.2, 0.25) is 5.82 Å². The standard InChI is InChI=1S/C12H15FN2O3/c1-12(16)4-5-14(8-12)7-9-2-3-11(15(17)18)10(13)6-9/h2-3,6,16H,4-5,7-8H2,1H3. The first-order chi connectivity index (χ1) is 8.37. The van der Waals surface area contributed by atoms with Crippen LogP contribution in [0, 0.1) is 15.9 Å². The van der Waals surface area contributed by atoms with E-state index in [2.05, 4.69) is 0 Å². The minimum absolute atomic E-state index is 0.491. The molecule has 0 bridgehead atoms. The molecule has 0 aliphatic carbocycles. The molecule has 0 amide bonds. The normalized spacial score (nSPS) is 24.4. The zero-order valence-electron chi connectivity index (χ0n) is 10.1. The van der Waals surface area contributed by atoms with E-state index in [-0.39, 0.29) is 0 Å². The molecule has 1 aromatic rings. The van der Waals surface area contributed by atoms with Crippen LogP contribution in [0.1, 0.15) is 18.9 Å². The van der Waals surface area contributed by atoms with Crippen molar-refractivity contribution in [3.63, 3.8) is 0 Å². The summed E-state index contributed by atoms with van der Waals surface area (Å²) in [6, 6.07) is 3.91. The van der Waals surface area contributed by atoms with Gasteiger partial charge in [-0.2, -0.15) is 4.39 Å². The molecule has 18 heavy (non-hydrogen) atoms. The van der Waals surface area contributed by atoms with Gasteiger partial charge < -0.3 is 5.11 Å². The van der Waals surface area contributed by atoms with Crippen molar-refractivity contribution in [2.45, 2.75) is 25.5 Å². The molecule has 1 aliphatic heterocycles. The molecule has 1 N–H and O–H groups in total. The second-order valence-electron chi connectivity index (χ2n) is 5.00. The molecule has 0 aromatic heterocycles. The number of nitrogens with zero attached hydrogens (tertiary/aromatic N) is 2. The van der Waals surface area contributed by atoms with Gasteiger partial charge in [-0.3, -0.25) is 15.0 Å². The highest BCUT2D eigenvalue weighted by molar-refractivity contribution is 5.35. The summed E-state index contributed by atoms with van der Waals surface area (Å²) in [5.41, 5.74) is -0.526. The van der Waals surface area contributed by atoms with Crippen molar-refractivity contribution in [1.29, 1.82) is 0 Å². The summed E-state index contributed by atoms with van der Waals surface area (Å²) in [6.07, 6.45) is 0.683. The molecule has 1 fully saturated rings. The molecule has 1 aromatic carbocycles. The summed E-state index contributed by atoms with van der Waals surface area (Å²) in [5.74, 6) is -0.816. The van der Waals surface area contributed by atoms with Crippen LogP contribution < -0.4 is 0 Å². The van der Waals surface area contributed by atoms with E-state index in [4.69, 9.17) is 0 Å². The molecular formula is C12H15FN2O3. The number of likely N-dealkylation sites (tertiary alicyclic amines) is 1. The Hall–Kier alpha value is -1.53. The first kappa shape index (κ1) is 12.9. The van der Waals surface area contributed by atoms with Crippen molar-refractivity contribution < 1.29 is 14.4 Å². The molecule has 1 saturated heterocycles. The van der Waals surface area contributed by atoms with E-state index in [0.29, 0.717) is 25.1 Å². The molecule has 5 nitrogen and oxygen atoms in total. The van der Waals surface area contributed by atoms with Crippen molar-refractivity contribution >= 4 is 5.69 Å². The van der Waals surface area contributed by atoms with Crippen LogP contribution in [-0.2, 0) is 6.54 Å². The summed E-state index contributed by atoms with van der Waals surface area (Å²) in [4.78, 5) is 11.7. The van der Waals surface area contributed by atoms with Crippen molar-refractivity contribution in [2.75, 3.05) is 13.1 Å². The Morgan fingerprint density at radius 2 is 2.33 bits per heavy atom. The summed E-state index contributed by atoms with van der Waals surface area (Å²) >= 11 is 0. The fourth-order valence-electron chi connectivity index (χ4n) is 2.23. The molecule has 1 atom stereocenters. The first-order valence-corrected chi connectivity index (χ1v) is 5.75. The maximum atomic E-state index is 13.4. The van der Waals surface area contributed by atoms with Gasteiger partial charge in [0, 0.05) is 25.7 Å². The lowest BCUT2D eigenvalue weighted by molar-refractivity contribution is -0.387. The van der Waals surface area contributed by atoms with Crippen molar-refractivity contribution in [1.82, 2.24) is 4.90 Å². The maximum Gasteiger partial charge on any atom is 0.304 e. The van der Waals surface area contributed by atoms with Gasteiger partial charge in [0.25, 0.3) is 0 Å². The molecule has 6 heteroatoms. The largest absolute Gasteiger partial charge is 0.389 e. The zero-order chi connectivity index (χ0) is 13.3. The third-order valence-electron chi connectivity index (χ3n) is 3.15. The Balaban J connectivity index is 2.07. The van der Waals surface area contributed by atoms with Crippen LogP contribution in [0.15, 0.2) is 18.2 Å². The fraction of sp³-hybridized carbons (Fsp3) is 0.500. The number of β-amino-alcohol motifs (C(OH)–C–C–N with tert-alkyl or cyclic N) is 1. The second kappa shape index (κ2) is 4.62. The molecule has 1 heterocycles. The van der Waals surface area contributed by atoms with Crippen LogP contribution in [0.25, 0.3) is 0 Å². The number of hydrogen-bond donors (Lipinski definition) is 1. The van der Waals surface area contributed by atoms with E-state index < -0.39 is 22.0 Å². The first-order valence-electron chi connectivity index (χ1n) is 5.75. The predicted molar refractivity (Wildman–Crippen MR) is 63.6 cm³/mol. The Labute approximate surface area is 104 Å². The number of halogens is 1. The zero-order valence-corrected chi connectivity index (χ0v) is 10.1. The van der Waals surface area contributed by atoms with Gasteiger partial charge in [0.1, 0.15) is 0 Å². The van der Waals surface area contributed by atoms with E-state index in [9.17, 15) is 19.6 Å². The molecule has 0 radical (unpaired) electrons. The monoisotopic (exact) mass is 254 g/mol. The Morgan fingerprint density at radius 3 is 2.83 bits per heavy atom. The molecule has 0 saturated carbocycles. The lowest BCUT2D eigenvalue weighted by Gasteiger charge is -2.18. The summed E-state index contributed by atoms with van der Waals surface area (Å²) in [5, 5.41) is 20.3. The van der Waals surface area contributed by atoms with Crippen LogP contribution >= 0.6 is 0 Å². The van der Waals surface area contributed by atoms with Crippen LogP contribution in [-0.4, -0.2) is 33.6 Å². The van der Waals surface area contributed by atoms with Crippen molar-refractivity contribution in [2.24, 2.45) is 0 Å². The highest BCUT2D eigenvalue weighted by Gasteiger charge is 2.31. The van der Waals surface area contributed by atoms with Gasteiger partial charge in [0.05, 0.1) is 10.5 Å². The van der Waals surface area contributed by atoms with Gasteiger partial charge in [0.15, 0.2) is 0 Å². The van der Waals surface area contributed by atoms with Crippen LogP contribution in [0.2, 0.25) is 0 Å². The Kier molecular flexibility index (Phi) is 3.32. The third-order valence-corrected chi connectivity index (χ3v) is 3.15. The van der Waals surface area contributed by atoms with Crippen LogP contribution in [0.5, 0.6) is 0 Å². The van der Waals surface area contributed by atoms with Crippen LogP contribution in [0.4, 0.5) is 10.1 Å². The fourth-order valence-corrected chi connectivity index (χ4v) is 2.23. The quantitative estimate of drug-likeness (QED) is 0.658. The van der Waals surface area contributed by atoms with Gasteiger partial charge in [-0.25, -0.2) is 0 Å². The average molecular weight is 254 g/mol. The van der Waals surface area contributed by atoms with E-state index in [1.807, 2.05) is 4.90 Å². The lowest BCUT2D eigenvalue weighted by atomic mass is 10.1. The SMILES string of the molecule is CC1(O)CCN(Cc2ccc([N+](=O)[O-])c(F)c2)C1. The van der Waals surface area contributed by atoms with Crippen LogP contribution in [0.3, 0.4) is 0 Å². The lowest BCUT2D eigenvalue weighted by Crippen LogP contribution is -2.29. The molecule has 1 aliphatic rings. The van der Waals surface area contributed by atoms with Crippen molar-refractivity contribution in [3.8, 4) is 0 Å². The molecular weight excluding hydrogens is 239 g/mol. The predicted octanol–water partition coefficient (Wildman–Crippen LogP) is 1.69. The number of nitro benzene ring substituents is 1.